The average Bonchev–Trinajstić information content (AvgIpc) is 1.86. The third-order valence-corrected chi connectivity index (χ3v) is 1.34. The molecule has 0 aromatic rings. The summed E-state index contributed by atoms with van der Waals surface area (Å²) in [7, 11) is 0. The number of rotatable bonds is 4. The van der Waals surface area contributed by atoms with Gasteiger partial charge in [-0.1, -0.05) is 19.1 Å². The molecule has 0 heterocycles. The van der Waals surface area contributed by atoms with Crippen molar-refractivity contribution in [2.75, 3.05) is 0 Å². The molecule has 1 unspecified atom stereocenters. The van der Waals surface area contributed by atoms with Crippen molar-refractivity contribution in [1.29, 1.82) is 0 Å². The van der Waals surface area contributed by atoms with Crippen LogP contribution in [0.15, 0.2) is 12.2 Å². The fourth-order valence-corrected chi connectivity index (χ4v) is 0.873. The van der Waals surface area contributed by atoms with Crippen molar-refractivity contribution in [3.63, 3.8) is 0 Å². The molecule has 0 aliphatic rings. The number of carbonyl (C=O) groups excluding carboxylic acids is 1. The van der Waals surface area contributed by atoms with E-state index in [0.717, 1.165) is 12.8 Å². The van der Waals surface area contributed by atoms with Crippen molar-refractivity contribution in [3.05, 3.63) is 12.2 Å². The molecule has 0 aliphatic carbocycles. The lowest BCUT2D eigenvalue weighted by molar-refractivity contribution is -0.119. The SMILES string of the molecule is CC/C=C\CC(C)NC(C)=O. The Morgan fingerprint density at radius 3 is 2.64 bits per heavy atom. The van der Waals surface area contributed by atoms with Gasteiger partial charge < -0.3 is 5.32 Å². The van der Waals surface area contributed by atoms with E-state index in [1.54, 1.807) is 6.92 Å². The predicted octanol–water partition coefficient (Wildman–Crippen LogP) is 1.87. The van der Waals surface area contributed by atoms with E-state index < -0.39 is 0 Å². The molecular weight excluding hydrogens is 138 g/mol. The van der Waals surface area contributed by atoms with Crippen LogP contribution < -0.4 is 5.32 Å². The van der Waals surface area contributed by atoms with Crippen LogP contribution in [0.5, 0.6) is 0 Å². The Hall–Kier alpha value is -0.790. The summed E-state index contributed by atoms with van der Waals surface area (Å²) in [5, 5.41) is 2.81. The highest BCUT2D eigenvalue weighted by atomic mass is 16.1. The highest BCUT2D eigenvalue weighted by Gasteiger charge is 1.98. The van der Waals surface area contributed by atoms with Gasteiger partial charge in [-0.15, -0.1) is 0 Å². The van der Waals surface area contributed by atoms with Crippen molar-refractivity contribution in [2.24, 2.45) is 0 Å². The molecule has 0 saturated carbocycles. The van der Waals surface area contributed by atoms with Gasteiger partial charge in [0.15, 0.2) is 0 Å². The largest absolute Gasteiger partial charge is 0.354 e. The maximum Gasteiger partial charge on any atom is 0.217 e. The van der Waals surface area contributed by atoms with E-state index in [1.807, 2.05) is 6.92 Å². The van der Waals surface area contributed by atoms with Crippen molar-refractivity contribution < 1.29 is 4.79 Å². The van der Waals surface area contributed by atoms with Crippen LogP contribution in [0.3, 0.4) is 0 Å². The molecule has 1 atom stereocenters. The molecule has 0 aliphatic heterocycles. The quantitative estimate of drug-likeness (QED) is 0.617. The Bertz CT molecular complexity index is 140. The average molecular weight is 155 g/mol. The van der Waals surface area contributed by atoms with Gasteiger partial charge in [-0.05, 0) is 19.8 Å². The molecule has 0 aromatic carbocycles. The molecule has 0 aromatic heterocycles. The highest BCUT2D eigenvalue weighted by molar-refractivity contribution is 5.73. The van der Waals surface area contributed by atoms with Crippen LogP contribution in [-0.2, 0) is 4.79 Å². The lowest BCUT2D eigenvalue weighted by Gasteiger charge is -2.08. The standard InChI is InChI=1S/C9H17NO/c1-4-5-6-7-8(2)10-9(3)11/h5-6,8H,4,7H2,1-3H3,(H,10,11)/b6-5-. The highest BCUT2D eigenvalue weighted by Crippen LogP contribution is 1.93. The van der Waals surface area contributed by atoms with Crippen molar-refractivity contribution in [2.45, 2.75) is 39.7 Å². The van der Waals surface area contributed by atoms with Crippen LogP contribution in [-0.4, -0.2) is 11.9 Å². The van der Waals surface area contributed by atoms with Crippen molar-refractivity contribution in [1.82, 2.24) is 5.32 Å². The summed E-state index contributed by atoms with van der Waals surface area (Å²) in [5.74, 6) is 0.0439. The molecule has 0 radical (unpaired) electrons. The van der Waals surface area contributed by atoms with Crippen molar-refractivity contribution in [3.8, 4) is 0 Å². The van der Waals surface area contributed by atoms with E-state index in [9.17, 15) is 4.79 Å². The van der Waals surface area contributed by atoms with Crippen LogP contribution >= 0.6 is 0 Å². The monoisotopic (exact) mass is 155 g/mol. The summed E-state index contributed by atoms with van der Waals surface area (Å²) in [5.41, 5.74) is 0. The third-order valence-electron chi connectivity index (χ3n) is 1.34. The van der Waals surface area contributed by atoms with E-state index >= 15 is 0 Å². The van der Waals surface area contributed by atoms with Gasteiger partial charge in [-0.3, -0.25) is 4.79 Å². The molecule has 2 nitrogen and oxygen atoms in total. The van der Waals surface area contributed by atoms with E-state index in [1.165, 1.54) is 0 Å². The first-order valence-electron chi connectivity index (χ1n) is 4.09. The number of carbonyl (C=O) groups is 1. The summed E-state index contributed by atoms with van der Waals surface area (Å²) >= 11 is 0. The number of amides is 1. The molecule has 11 heavy (non-hydrogen) atoms. The number of hydrogen-bond donors (Lipinski definition) is 1. The second-order valence-electron chi connectivity index (χ2n) is 2.72. The zero-order chi connectivity index (χ0) is 8.69. The van der Waals surface area contributed by atoms with Crippen LogP contribution in [0.2, 0.25) is 0 Å². The number of allylic oxidation sites excluding steroid dienone is 1. The van der Waals surface area contributed by atoms with Crippen LogP contribution in [0.1, 0.15) is 33.6 Å². The van der Waals surface area contributed by atoms with Gasteiger partial charge >= 0.3 is 0 Å². The Morgan fingerprint density at radius 2 is 2.18 bits per heavy atom. The Kier molecular flexibility index (Phi) is 5.53. The molecular formula is C9H17NO. The van der Waals surface area contributed by atoms with Gasteiger partial charge in [0.1, 0.15) is 0 Å². The van der Waals surface area contributed by atoms with Gasteiger partial charge in [0.05, 0.1) is 0 Å². The van der Waals surface area contributed by atoms with Crippen LogP contribution in [0, 0.1) is 0 Å². The summed E-state index contributed by atoms with van der Waals surface area (Å²) in [6, 6.07) is 0.260. The fourth-order valence-electron chi connectivity index (χ4n) is 0.873. The predicted molar refractivity (Wildman–Crippen MR) is 47.3 cm³/mol. The molecule has 0 saturated heterocycles. The molecule has 1 amide bonds. The molecule has 64 valence electrons. The minimum absolute atomic E-state index is 0.0439. The van der Waals surface area contributed by atoms with Gasteiger partial charge in [0, 0.05) is 13.0 Å². The second-order valence-corrected chi connectivity index (χ2v) is 2.72. The van der Waals surface area contributed by atoms with E-state index in [-0.39, 0.29) is 11.9 Å². The molecule has 0 fully saturated rings. The number of nitrogens with one attached hydrogen (secondary N) is 1. The maximum atomic E-state index is 10.6. The summed E-state index contributed by atoms with van der Waals surface area (Å²) in [4.78, 5) is 10.6. The van der Waals surface area contributed by atoms with Crippen LogP contribution in [0.25, 0.3) is 0 Å². The van der Waals surface area contributed by atoms with Crippen LogP contribution in [0.4, 0.5) is 0 Å². The summed E-state index contributed by atoms with van der Waals surface area (Å²) < 4.78 is 0. The van der Waals surface area contributed by atoms with E-state index in [2.05, 4.69) is 24.4 Å². The Balaban J connectivity index is 3.44. The second kappa shape index (κ2) is 5.96. The lowest BCUT2D eigenvalue weighted by atomic mass is 10.2. The van der Waals surface area contributed by atoms with Gasteiger partial charge in [0.2, 0.25) is 5.91 Å². The smallest absolute Gasteiger partial charge is 0.217 e. The zero-order valence-corrected chi connectivity index (χ0v) is 7.55. The van der Waals surface area contributed by atoms with Gasteiger partial charge in [0.25, 0.3) is 0 Å². The maximum absolute atomic E-state index is 10.6. The molecule has 2 heteroatoms. The van der Waals surface area contributed by atoms with Gasteiger partial charge in [-0.2, -0.15) is 0 Å². The Labute approximate surface area is 68.7 Å². The molecule has 0 bridgehead atoms. The normalized spacial score (nSPS) is 13.4. The Morgan fingerprint density at radius 1 is 1.55 bits per heavy atom. The van der Waals surface area contributed by atoms with Crippen molar-refractivity contribution >= 4 is 5.91 Å². The molecule has 0 spiro atoms. The molecule has 1 N–H and O–H groups in total. The first-order chi connectivity index (χ1) is 5.16. The lowest BCUT2D eigenvalue weighted by Crippen LogP contribution is -2.29. The van der Waals surface area contributed by atoms with E-state index in [0.29, 0.717) is 0 Å². The zero-order valence-electron chi connectivity index (χ0n) is 7.55. The minimum atomic E-state index is 0.0439. The third kappa shape index (κ3) is 7.10. The number of hydrogen-bond acceptors (Lipinski definition) is 1. The fraction of sp³-hybridized carbons (Fsp3) is 0.667. The minimum Gasteiger partial charge on any atom is -0.354 e. The first kappa shape index (κ1) is 10.2. The summed E-state index contributed by atoms with van der Waals surface area (Å²) in [6.45, 7) is 5.64. The molecule has 0 rings (SSSR count). The van der Waals surface area contributed by atoms with E-state index in [4.69, 9.17) is 0 Å². The summed E-state index contributed by atoms with van der Waals surface area (Å²) in [6.07, 6.45) is 6.19. The first-order valence-corrected chi connectivity index (χ1v) is 4.09. The topological polar surface area (TPSA) is 29.1 Å². The van der Waals surface area contributed by atoms with Gasteiger partial charge in [-0.25, -0.2) is 0 Å².